The molecule has 2 aromatic carbocycles. The Kier molecular flexibility index (Phi) is 3.91. The monoisotopic (exact) mass is 321 g/mol. The summed E-state index contributed by atoms with van der Waals surface area (Å²) < 4.78 is 5.71. The summed E-state index contributed by atoms with van der Waals surface area (Å²) in [6.07, 6.45) is 5.86. The molecule has 0 unspecified atom stereocenters. The molecule has 1 fully saturated rings. The van der Waals surface area contributed by atoms with Crippen LogP contribution in [0, 0.1) is 0 Å². The lowest BCUT2D eigenvalue weighted by molar-refractivity contribution is -0.132. The summed E-state index contributed by atoms with van der Waals surface area (Å²) >= 11 is 0. The minimum absolute atomic E-state index is 0.0692. The second kappa shape index (κ2) is 6.35. The molecule has 3 aromatic rings. The number of benzene rings is 2. The Hall–Kier alpha value is -2.82. The van der Waals surface area contributed by atoms with Crippen molar-refractivity contribution in [3.05, 3.63) is 48.8 Å². The van der Waals surface area contributed by atoms with Gasteiger partial charge in [0.05, 0.1) is 6.20 Å². The largest absolute Gasteiger partial charge is 0.484 e. The van der Waals surface area contributed by atoms with Gasteiger partial charge in [-0.3, -0.25) is 9.89 Å². The Balaban J connectivity index is 1.52. The number of hydrogen-bond donors (Lipinski definition) is 1. The molecule has 122 valence electrons. The number of nitrogens with one attached hydrogen (secondary N) is 1. The van der Waals surface area contributed by atoms with Crippen molar-refractivity contribution in [3.8, 4) is 16.9 Å². The number of aromatic nitrogens is 2. The van der Waals surface area contributed by atoms with Crippen LogP contribution in [0.4, 0.5) is 0 Å². The zero-order valence-corrected chi connectivity index (χ0v) is 13.4. The molecule has 0 bridgehead atoms. The van der Waals surface area contributed by atoms with Crippen LogP contribution >= 0.6 is 0 Å². The predicted molar refractivity (Wildman–Crippen MR) is 92.8 cm³/mol. The molecule has 5 nitrogen and oxygen atoms in total. The van der Waals surface area contributed by atoms with E-state index in [1.807, 2.05) is 29.3 Å². The Bertz CT molecular complexity index is 852. The van der Waals surface area contributed by atoms with E-state index in [0.717, 1.165) is 53.6 Å². The molecule has 1 aliphatic heterocycles. The Morgan fingerprint density at radius 3 is 2.71 bits per heavy atom. The highest BCUT2D eigenvalue weighted by Crippen LogP contribution is 2.26. The summed E-state index contributed by atoms with van der Waals surface area (Å²) in [7, 11) is 0. The fraction of sp³-hybridized carbons (Fsp3) is 0.263. The Morgan fingerprint density at radius 2 is 1.92 bits per heavy atom. The second-order valence-corrected chi connectivity index (χ2v) is 6.09. The smallest absolute Gasteiger partial charge is 0.260 e. The van der Waals surface area contributed by atoms with Gasteiger partial charge < -0.3 is 9.64 Å². The standard InChI is InChI=1S/C19H19N3O2/c23-19(22-7-1-2-8-22)13-24-18-6-5-14-3-4-15(9-16(14)10-18)17-11-20-21-12-17/h3-6,9-12H,1-2,7-8,13H2,(H,20,21). The van der Waals surface area contributed by atoms with Crippen molar-refractivity contribution in [2.75, 3.05) is 19.7 Å². The van der Waals surface area contributed by atoms with Gasteiger partial charge in [0, 0.05) is 24.8 Å². The fourth-order valence-corrected chi connectivity index (χ4v) is 3.11. The number of carbonyl (C=O) groups is 1. The molecule has 0 atom stereocenters. The molecule has 1 aliphatic rings. The molecule has 1 amide bonds. The van der Waals surface area contributed by atoms with E-state index in [9.17, 15) is 4.79 Å². The van der Waals surface area contributed by atoms with Crippen LogP contribution in [0.15, 0.2) is 48.8 Å². The first-order valence-electron chi connectivity index (χ1n) is 8.23. The lowest BCUT2D eigenvalue weighted by Crippen LogP contribution is -2.32. The van der Waals surface area contributed by atoms with Crippen LogP contribution in [0.25, 0.3) is 21.9 Å². The number of amides is 1. The number of likely N-dealkylation sites (tertiary alicyclic amines) is 1. The van der Waals surface area contributed by atoms with Crippen LogP contribution in [0.3, 0.4) is 0 Å². The number of H-pyrrole nitrogens is 1. The maximum absolute atomic E-state index is 12.1. The van der Waals surface area contributed by atoms with Crippen LogP contribution in [0.5, 0.6) is 5.75 Å². The molecule has 0 aliphatic carbocycles. The molecule has 0 saturated carbocycles. The number of nitrogens with zero attached hydrogens (tertiary/aromatic N) is 2. The van der Waals surface area contributed by atoms with Crippen molar-refractivity contribution < 1.29 is 9.53 Å². The molecular weight excluding hydrogens is 302 g/mol. The van der Waals surface area contributed by atoms with Gasteiger partial charge in [-0.25, -0.2) is 0 Å². The quantitative estimate of drug-likeness (QED) is 0.802. The average Bonchev–Trinajstić information content (AvgIpc) is 3.32. The number of aromatic amines is 1. The Labute approximate surface area is 140 Å². The third-order valence-electron chi connectivity index (χ3n) is 4.46. The molecule has 4 rings (SSSR count). The molecule has 0 spiro atoms. The van der Waals surface area contributed by atoms with Crippen LogP contribution in [-0.4, -0.2) is 40.7 Å². The number of rotatable bonds is 4. The number of carbonyl (C=O) groups excluding carboxylic acids is 1. The summed E-state index contributed by atoms with van der Waals surface area (Å²) in [6.45, 7) is 1.81. The summed E-state index contributed by atoms with van der Waals surface area (Å²) in [6, 6.07) is 12.2. The Morgan fingerprint density at radius 1 is 1.08 bits per heavy atom. The van der Waals surface area contributed by atoms with E-state index in [1.54, 1.807) is 6.20 Å². The normalized spacial score (nSPS) is 14.2. The van der Waals surface area contributed by atoms with Crippen LogP contribution in [0.2, 0.25) is 0 Å². The lowest BCUT2D eigenvalue weighted by atomic mass is 10.0. The average molecular weight is 321 g/mol. The van der Waals surface area contributed by atoms with Crippen molar-refractivity contribution in [2.45, 2.75) is 12.8 Å². The minimum atomic E-state index is 0.0692. The van der Waals surface area contributed by atoms with E-state index >= 15 is 0 Å². The van der Waals surface area contributed by atoms with E-state index in [4.69, 9.17) is 4.74 Å². The summed E-state index contributed by atoms with van der Waals surface area (Å²) in [5, 5.41) is 9.04. The highest BCUT2D eigenvalue weighted by Gasteiger charge is 2.18. The molecule has 1 saturated heterocycles. The van der Waals surface area contributed by atoms with Crippen LogP contribution < -0.4 is 4.74 Å². The topological polar surface area (TPSA) is 58.2 Å². The van der Waals surface area contributed by atoms with Gasteiger partial charge in [0.15, 0.2) is 6.61 Å². The van der Waals surface area contributed by atoms with Crippen molar-refractivity contribution >= 4 is 16.7 Å². The molecule has 5 heteroatoms. The van der Waals surface area contributed by atoms with E-state index in [2.05, 4.69) is 28.4 Å². The second-order valence-electron chi connectivity index (χ2n) is 6.09. The van der Waals surface area contributed by atoms with Gasteiger partial charge in [0.2, 0.25) is 0 Å². The third kappa shape index (κ3) is 2.97. The van der Waals surface area contributed by atoms with Crippen molar-refractivity contribution in [2.24, 2.45) is 0 Å². The molecular formula is C19H19N3O2. The van der Waals surface area contributed by atoms with Gasteiger partial charge in [-0.2, -0.15) is 5.10 Å². The van der Waals surface area contributed by atoms with E-state index < -0.39 is 0 Å². The first kappa shape index (κ1) is 14.8. The highest BCUT2D eigenvalue weighted by atomic mass is 16.5. The maximum atomic E-state index is 12.1. The lowest BCUT2D eigenvalue weighted by Gasteiger charge is -2.15. The molecule has 0 radical (unpaired) electrons. The van der Waals surface area contributed by atoms with E-state index in [0.29, 0.717) is 0 Å². The predicted octanol–water partition coefficient (Wildman–Crippen LogP) is 3.23. The highest BCUT2D eigenvalue weighted by molar-refractivity contribution is 5.88. The van der Waals surface area contributed by atoms with Gasteiger partial charge in [0.1, 0.15) is 5.75 Å². The SMILES string of the molecule is O=C(COc1ccc2ccc(-c3cn[nH]c3)cc2c1)N1CCCC1. The summed E-state index contributed by atoms with van der Waals surface area (Å²) in [4.78, 5) is 14.0. The van der Waals surface area contributed by atoms with Crippen molar-refractivity contribution in [1.29, 1.82) is 0 Å². The molecule has 2 heterocycles. The third-order valence-corrected chi connectivity index (χ3v) is 4.46. The van der Waals surface area contributed by atoms with Gasteiger partial charge in [-0.05, 0) is 47.4 Å². The van der Waals surface area contributed by atoms with Crippen LogP contribution in [-0.2, 0) is 4.79 Å². The summed E-state index contributed by atoms with van der Waals surface area (Å²) in [5.41, 5.74) is 2.15. The van der Waals surface area contributed by atoms with Crippen LogP contribution in [0.1, 0.15) is 12.8 Å². The zero-order chi connectivity index (χ0) is 16.4. The van der Waals surface area contributed by atoms with Gasteiger partial charge in [-0.15, -0.1) is 0 Å². The van der Waals surface area contributed by atoms with Gasteiger partial charge >= 0.3 is 0 Å². The first-order valence-corrected chi connectivity index (χ1v) is 8.23. The first-order chi connectivity index (χ1) is 11.8. The van der Waals surface area contributed by atoms with Crippen molar-refractivity contribution in [3.63, 3.8) is 0 Å². The summed E-state index contributed by atoms with van der Waals surface area (Å²) in [5.74, 6) is 0.791. The molecule has 1 N–H and O–H groups in total. The van der Waals surface area contributed by atoms with E-state index in [-0.39, 0.29) is 12.5 Å². The maximum Gasteiger partial charge on any atom is 0.260 e. The number of hydrogen-bond acceptors (Lipinski definition) is 3. The number of ether oxygens (including phenoxy) is 1. The number of fused-ring (bicyclic) bond motifs is 1. The fourth-order valence-electron chi connectivity index (χ4n) is 3.11. The van der Waals surface area contributed by atoms with Gasteiger partial charge in [-0.1, -0.05) is 18.2 Å². The minimum Gasteiger partial charge on any atom is -0.484 e. The van der Waals surface area contributed by atoms with E-state index in [1.165, 1.54) is 0 Å². The molecule has 1 aromatic heterocycles. The molecule has 24 heavy (non-hydrogen) atoms. The zero-order valence-electron chi connectivity index (χ0n) is 13.4. The van der Waals surface area contributed by atoms with Gasteiger partial charge in [0.25, 0.3) is 5.91 Å². The van der Waals surface area contributed by atoms with Crippen molar-refractivity contribution in [1.82, 2.24) is 15.1 Å².